The molecule has 0 aliphatic rings. The smallest absolute Gasteiger partial charge is 0.230 e. The number of methoxy groups -OCH3 is 2. The first-order valence-corrected chi connectivity index (χ1v) is 6.82. The molecular formula is C15H19N3O4. The second kappa shape index (κ2) is 6.46. The van der Waals surface area contributed by atoms with Crippen molar-refractivity contribution in [2.75, 3.05) is 20.8 Å². The average Bonchev–Trinajstić information content (AvgIpc) is 2.82. The summed E-state index contributed by atoms with van der Waals surface area (Å²) in [6, 6.07) is 6.69. The molecule has 0 saturated heterocycles. The second-order valence-electron chi connectivity index (χ2n) is 5.02. The lowest BCUT2D eigenvalue weighted by Gasteiger charge is -2.17. The molecule has 1 aromatic carbocycles. The third-order valence-corrected chi connectivity index (χ3v) is 3.45. The van der Waals surface area contributed by atoms with Crippen LogP contribution >= 0.6 is 0 Å². The first kappa shape index (κ1) is 15.8. The molecule has 2 rings (SSSR count). The van der Waals surface area contributed by atoms with Gasteiger partial charge in [-0.3, -0.25) is 14.8 Å². The monoisotopic (exact) mass is 305 g/mol. The minimum absolute atomic E-state index is 0.253. The van der Waals surface area contributed by atoms with Crippen molar-refractivity contribution >= 4 is 0 Å². The van der Waals surface area contributed by atoms with Gasteiger partial charge in [-0.05, 0) is 37.6 Å². The number of ether oxygens (including phenoxy) is 2. The Hall–Kier alpha value is -2.57. The third kappa shape index (κ3) is 3.19. The molecule has 0 aliphatic heterocycles. The van der Waals surface area contributed by atoms with E-state index in [1.54, 1.807) is 30.0 Å². The van der Waals surface area contributed by atoms with E-state index < -0.39 is 6.04 Å². The Morgan fingerprint density at radius 2 is 1.91 bits per heavy atom. The van der Waals surface area contributed by atoms with Gasteiger partial charge < -0.3 is 9.47 Å². The van der Waals surface area contributed by atoms with Crippen molar-refractivity contribution in [1.82, 2.24) is 9.78 Å². The fraction of sp³-hybridized carbons (Fsp3) is 0.400. The molecule has 118 valence electrons. The van der Waals surface area contributed by atoms with Gasteiger partial charge in [0.25, 0.3) is 0 Å². The van der Waals surface area contributed by atoms with Crippen LogP contribution in [0.1, 0.15) is 23.0 Å². The topological polar surface area (TPSA) is 79.4 Å². The zero-order valence-electron chi connectivity index (χ0n) is 13.1. The minimum Gasteiger partial charge on any atom is -0.493 e. The molecule has 0 saturated carbocycles. The third-order valence-electron chi connectivity index (χ3n) is 3.45. The van der Waals surface area contributed by atoms with Gasteiger partial charge in [0, 0.05) is 10.6 Å². The number of aryl methyl sites for hydroxylation is 2. The van der Waals surface area contributed by atoms with Crippen molar-refractivity contribution < 1.29 is 14.4 Å². The number of hydrogen-bond donors (Lipinski definition) is 0. The Morgan fingerprint density at radius 1 is 1.23 bits per heavy atom. The van der Waals surface area contributed by atoms with E-state index in [9.17, 15) is 10.1 Å². The molecule has 0 N–H and O–H groups in total. The van der Waals surface area contributed by atoms with E-state index in [2.05, 4.69) is 5.10 Å². The maximum atomic E-state index is 11.1. The highest BCUT2D eigenvalue weighted by Gasteiger charge is 2.24. The van der Waals surface area contributed by atoms with Gasteiger partial charge in [0.2, 0.25) is 6.54 Å². The second-order valence-corrected chi connectivity index (χ2v) is 5.02. The Labute approximate surface area is 128 Å². The van der Waals surface area contributed by atoms with Gasteiger partial charge in [0.15, 0.2) is 11.5 Å². The van der Waals surface area contributed by atoms with Crippen molar-refractivity contribution in [2.45, 2.75) is 19.9 Å². The Bertz CT molecular complexity index is 681. The van der Waals surface area contributed by atoms with Crippen molar-refractivity contribution in [3.63, 3.8) is 0 Å². The van der Waals surface area contributed by atoms with Crippen molar-refractivity contribution in [2.24, 2.45) is 0 Å². The van der Waals surface area contributed by atoms with Crippen molar-refractivity contribution in [3.05, 3.63) is 51.3 Å². The summed E-state index contributed by atoms with van der Waals surface area (Å²) in [6.07, 6.45) is 0. The SMILES string of the molecule is COc1ccc([C@@H](C[N+](=O)[O-])n2nc(C)cc2C)cc1OC. The molecule has 0 radical (unpaired) electrons. The Balaban J connectivity index is 2.50. The Morgan fingerprint density at radius 3 is 2.41 bits per heavy atom. The molecule has 2 aromatic rings. The quantitative estimate of drug-likeness (QED) is 0.604. The van der Waals surface area contributed by atoms with E-state index in [0.717, 1.165) is 17.0 Å². The first-order valence-electron chi connectivity index (χ1n) is 6.82. The van der Waals surface area contributed by atoms with Crippen LogP contribution in [0.4, 0.5) is 0 Å². The molecule has 0 fully saturated rings. The largest absolute Gasteiger partial charge is 0.493 e. The summed E-state index contributed by atoms with van der Waals surface area (Å²) >= 11 is 0. The summed E-state index contributed by atoms with van der Waals surface area (Å²) in [7, 11) is 3.08. The van der Waals surface area contributed by atoms with E-state index in [1.165, 1.54) is 7.11 Å². The minimum atomic E-state index is -0.497. The molecule has 1 atom stereocenters. The van der Waals surface area contributed by atoms with Gasteiger partial charge in [0.05, 0.1) is 19.9 Å². The molecule has 0 unspecified atom stereocenters. The van der Waals surface area contributed by atoms with Crippen LogP contribution in [0.2, 0.25) is 0 Å². The number of nitro groups is 1. The van der Waals surface area contributed by atoms with Crippen LogP contribution in [-0.4, -0.2) is 35.5 Å². The van der Waals surface area contributed by atoms with Gasteiger partial charge in [-0.15, -0.1) is 0 Å². The summed E-state index contributed by atoms with van der Waals surface area (Å²) in [6.45, 7) is 3.49. The molecule has 1 aromatic heterocycles. The van der Waals surface area contributed by atoms with Gasteiger partial charge in [0.1, 0.15) is 6.04 Å². The molecule has 0 bridgehead atoms. The van der Waals surface area contributed by atoms with E-state index in [4.69, 9.17) is 9.47 Å². The molecule has 0 amide bonds. The van der Waals surface area contributed by atoms with Crippen molar-refractivity contribution in [1.29, 1.82) is 0 Å². The summed E-state index contributed by atoms with van der Waals surface area (Å²) < 4.78 is 12.2. The van der Waals surface area contributed by atoms with Gasteiger partial charge >= 0.3 is 0 Å². The molecular weight excluding hydrogens is 286 g/mol. The van der Waals surface area contributed by atoms with Crippen LogP contribution < -0.4 is 9.47 Å². The van der Waals surface area contributed by atoms with Crippen LogP contribution in [-0.2, 0) is 0 Å². The summed E-state index contributed by atoms with van der Waals surface area (Å²) in [5, 5.41) is 15.4. The number of rotatable bonds is 6. The fourth-order valence-corrected chi connectivity index (χ4v) is 2.49. The predicted molar refractivity (Wildman–Crippen MR) is 81.2 cm³/mol. The zero-order chi connectivity index (χ0) is 16.3. The molecule has 22 heavy (non-hydrogen) atoms. The lowest BCUT2D eigenvalue weighted by molar-refractivity contribution is -0.484. The summed E-state index contributed by atoms with van der Waals surface area (Å²) in [5.74, 6) is 1.12. The van der Waals surface area contributed by atoms with Crippen LogP contribution in [0, 0.1) is 24.0 Å². The van der Waals surface area contributed by atoms with E-state index >= 15 is 0 Å². The normalized spacial score (nSPS) is 12.0. The van der Waals surface area contributed by atoms with Gasteiger partial charge in [-0.25, -0.2) is 0 Å². The van der Waals surface area contributed by atoms with Crippen LogP contribution in [0.5, 0.6) is 11.5 Å². The average molecular weight is 305 g/mol. The first-order chi connectivity index (χ1) is 10.5. The maximum Gasteiger partial charge on any atom is 0.230 e. The van der Waals surface area contributed by atoms with E-state index in [1.807, 2.05) is 19.9 Å². The Kier molecular flexibility index (Phi) is 4.65. The molecule has 0 spiro atoms. The standard InChI is InChI=1S/C15H19N3O4/c1-10-7-11(2)18(16-10)13(9-17(19)20)12-5-6-14(21-3)15(8-12)22-4/h5-8,13H,9H2,1-4H3/t13-/m1/s1. The van der Waals surface area contributed by atoms with E-state index in [-0.39, 0.29) is 11.5 Å². The summed E-state index contributed by atoms with van der Waals surface area (Å²) in [4.78, 5) is 10.7. The number of nitrogens with zero attached hydrogens (tertiary/aromatic N) is 3. The molecule has 7 heteroatoms. The highest BCUT2D eigenvalue weighted by molar-refractivity contribution is 5.44. The fourth-order valence-electron chi connectivity index (χ4n) is 2.49. The summed E-state index contributed by atoms with van der Waals surface area (Å²) in [5.41, 5.74) is 2.45. The van der Waals surface area contributed by atoms with Crippen LogP contribution in [0.15, 0.2) is 24.3 Å². The lowest BCUT2D eigenvalue weighted by atomic mass is 10.1. The molecule has 1 heterocycles. The van der Waals surface area contributed by atoms with Crippen molar-refractivity contribution in [3.8, 4) is 11.5 Å². The number of aromatic nitrogens is 2. The lowest BCUT2D eigenvalue weighted by Crippen LogP contribution is -2.22. The molecule has 7 nitrogen and oxygen atoms in total. The number of benzene rings is 1. The highest BCUT2D eigenvalue weighted by Crippen LogP contribution is 2.31. The molecule has 0 aliphatic carbocycles. The van der Waals surface area contributed by atoms with Crippen LogP contribution in [0.3, 0.4) is 0 Å². The van der Waals surface area contributed by atoms with Crippen LogP contribution in [0.25, 0.3) is 0 Å². The van der Waals surface area contributed by atoms with Gasteiger partial charge in [-0.1, -0.05) is 6.07 Å². The number of hydrogen-bond acceptors (Lipinski definition) is 5. The van der Waals surface area contributed by atoms with E-state index in [0.29, 0.717) is 11.5 Å². The highest BCUT2D eigenvalue weighted by atomic mass is 16.6. The maximum absolute atomic E-state index is 11.1. The van der Waals surface area contributed by atoms with Gasteiger partial charge in [-0.2, -0.15) is 5.10 Å². The zero-order valence-corrected chi connectivity index (χ0v) is 13.1. The predicted octanol–water partition coefficient (Wildman–Crippen LogP) is 2.38.